The monoisotopic (exact) mass is 250 g/mol. The van der Waals surface area contributed by atoms with Gasteiger partial charge in [-0.1, -0.05) is 6.07 Å². The zero-order valence-electron chi connectivity index (χ0n) is 10.8. The van der Waals surface area contributed by atoms with Crippen molar-refractivity contribution in [2.24, 2.45) is 0 Å². The lowest BCUT2D eigenvalue weighted by atomic mass is 10.2. The molecule has 0 saturated carbocycles. The molecule has 1 aromatic carbocycles. The summed E-state index contributed by atoms with van der Waals surface area (Å²) in [4.78, 5) is 23.0. The van der Waals surface area contributed by atoms with E-state index in [0.717, 1.165) is 0 Å². The van der Waals surface area contributed by atoms with Crippen LogP contribution < -0.4 is 15.4 Å². The second kappa shape index (κ2) is 6.64. The molecule has 1 aromatic rings. The lowest BCUT2D eigenvalue weighted by molar-refractivity contribution is 0.0955. The molecule has 0 saturated heterocycles. The van der Waals surface area contributed by atoms with Gasteiger partial charge < -0.3 is 15.4 Å². The van der Waals surface area contributed by atoms with Gasteiger partial charge in [-0.25, -0.2) is 4.79 Å². The summed E-state index contributed by atoms with van der Waals surface area (Å²) >= 11 is 0. The zero-order chi connectivity index (χ0) is 13.5. The largest absolute Gasteiger partial charge is 0.412 e. The van der Waals surface area contributed by atoms with Crippen LogP contribution in [0.1, 0.15) is 31.1 Å². The highest BCUT2D eigenvalue weighted by atomic mass is 16.6. The molecule has 18 heavy (non-hydrogen) atoms. The van der Waals surface area contributed by atoms with Crippen LogP contribution in [0.25, 0.3) is 0 Å². The van der Waals surface area contributed by atoms with Crippen molar-refractivity contribution in [3.8, 4) is 5.75 Å². The van der Waals surface area contributed by atoms with Crippen LogP contribution >= 0.6 is 0 Å². The average molecular weight is 250 g/mol. The van der Waals surface area contributed by atoms with Gasteiger partial charge in [0.2, 0.25) is 0 Å². The number of hydrogen-bond donors (Lipinski definition) is 2. The van der Waals surface area contributed by atoms with Gasteiger partial charge in [0.25, 0.3) is 5.91 Å². The highest BCUT2D eigenvalue weighted by molar-refractivity contribution is 5.94. The van der Waals surface area contributed by atoms with Crippen molar-refractivity contribution in [2.75, 3.05) is 6.54 Å². The average Bonchev–Trinajstić information content (AvgIpc) is 2.28. The van der Waals surface area contributed by atoms with Gasteiger partial charge in [-0.15, -0.1) is 0 Å². The minimum absolute atomic E-state index is 0.00377. The Labute approximate surface area is 107 Å². The van der Waals surface area contributed by atoms with Crippen molar-refractivity contribution in [3.05, 3.63) is 29.8 Å². The van der Waals surface area contributed by atoms with Crippen LogP contribution in [0.4, 0.5) is 4.79 Å². The van der Waals surface area contributed by atoms with E-state index in [-0.39, 0.29) is 11.9 Å². The standard InChI is InChI=1S/C13H18N2O3/c1-4-14-12(16)10-6-5-7-11(8-10)18-13(17)15-9(2)3/h5-9H,4H2,1-3H3,(H,14,16)(H,15,17). The van der Waals surface area contributed by atoms with Crippen LogP contribution in [0.2, 0.25) is 0 Å². The molecule has 0 radical (unpaired) electrons. The Hall–Kier alpha value is -2.04. The van der Waals surface area contributed by atoms with Gasteiger partial charge in [0, 0.05) is 18.2 Å². The van der Waals surface area contributed by atoms with E-state index < -0.39 is 6.09 Å². The molecule has 98 valence electrons. The fourth-order valence-electron chi connectivity index (χ4n) is 1.34. The number of nitrogens with one attached hydrogen (secondary N) is 2. The van der Waals surface area contributed by atoms with E-state index in [9.17, 15) is 9.59 Å². The Balaban J connectivity index is 2.70. The maximum atomic E-state index is 11.6. The Morgan fingerprint density at radius 2 is 2.06 bits per heavy atom. The molecule has 0 aliphatic carbocycles. The molecule has 0 bridgehead atoms. The van der Waals surface area contributed by atoms with E-state index in [1.165, 1.54) is 6.07 Å². The fraction of sp³-hybridized carbons (Fsp3) is 0.385. The maximum absolute atomic E-state index is 11.6. The molecule has 0 aliphatic rings. The minimum Gasteiger partial charge on any atom is -0.410 e. The van der Waals surface area contributed by atoms with E-state index in [1.54, 1.807) is 18.2 Å². The summed E-state index contributed by atoms with van der Waals surface area (Å²) in [6, 6.07) is 6.50. The molecule has 0 heterocycles. The Morgan fingerprint density at radius 3 is 2.67 bits per heavy atom. The van der Waals surface area contributed by atoms with Crippen LogP contribution in [-0.4, -0.2) is 24.6 Å². The van der Waals surface area contributed by atoms with Gasteiger partial charge in [0.1, 0.15) is 5.75 Å². The normalized spacial score (nSPS) is 10.0. The highest BCUT2D eigenvalue weighted by Crippen LogP contribution is 2.13. The van der Waals surface area contributed by atoms with Crippen molar-refractivity contribution in [1.82, 2.24) is 10.6 Å². The van der Waals surface area contributed by atoms with Crippen LogP contribution in [0, 0.1) is 0 Å². The predicted molar refractivity (Wildman–Crippen MR) is 68.7 cm³/mol. The number of hydrogen-bond acceptors (Lipinski definition) is 3. The lowest BCUT2D eigenvalue weighted by Crippen LogP contribution is -2.32. The fourth-order valence-corrected chi connectivity index (χ4v) is 1.34. The SMILES string of the molecule is CCNC(=O)c1cccc(OC(=O)NC(C)C)c1. The first-order valence-corrected chi connectivity index (χ1v) is 5.89. The molecule has 0 atom stereocenters. The molecular weight excluding hydrogens is 232 g/mol. The second-order valence-electron chi connectivity index (χ2n) is 4.08. The smallest absolute Gasteiger partial charge is 0.410 e. The summed E-state index contributed by atoms with van der Waals surface area (Å²) < 4.78 is 5.06. The summed E-state index contributed by atoms with van der Waals surface area (Å²) in [6.07, 6.45) is -0.530. The summed E-state index contributed by atoms with van der Waals surface area (Å²) in [6.45, 7) is 6.07. The topological polar surface area (TPSA) is 67.4 Å². The zero-order valence-corrected chi connectivity index (χ0v) is 10.8. The van der Waals surface area contributed by atoms with E-state index in [1.807, 2.05) is 20.8 Å². The molecule has 0 aliphatic heterocycles. The molecule has 1 rings (SSSR count). The van der Waals surface area contributed by atoms with E-state index in [2.05, 4.69) is 10.6 Å². The van der Waals surface area contributed by atoms with E-state index in [0.29, 0.717) is 17.9 Å². The van der Waals surface area contributed by atoms with Gasteiger partial charge >= 0.3 is 6.09 Å². The molecule has 5 heteroatoms. The highest BCUT2D eigenvalue weighted by Gasteiger charge is 2.09. The first kappa shape index (κ1) is 14.0. The van der Waals surface area contributed by atoms with Gasteiger partial charge in [-0.2, -0.15) is 0 Å². The molecule has 5 nitrogen and oxygen atoms in total. The van der Waals surface area contributed by atoms with Crippen molar-refractivity contribution >= 4 is 12.0 Å². The van der Waals surface area contributed by atoms with Gasteiger partial charge in [-0.05, 0) is 39.0 Å². The molecule has 0 spiro atoms. The lowest BCUT2D eigenvalue weighted by Gasteiger charge is -2.09. The number of benzene rings is 1. The number of rotatable bonds is 4. The molecular formula is C13H18N2O3. The molecule has 0 fully saturated rings. The summed E-state index contributed by atoms with van der Waals surface area (Å²) in [5, 5.41) is 5.28. The first-order chi connectivity index (χ1) is 8.52. The van der Waals surface area contributed by atoms with Crippen molar-refractivity contribution < 1.29 is 14.3 Å². The summed E-state index contributed by atoms with van der Waals surface area (Å²) in [5.41, 5.74) is 0.465. The molecule has 2 amide bonds. The number of carbonyl (C=O) groups is 2. The Bertz CT molecular complexity index is 430. The van der Waals surface area contributed by atoms with Crippen LogP contribution in [-0.2, 0) is 0 Å². The van der Waals surface area contributed by atoms with Crippen LogP contribution in [0.5, 0.6) is 5.75 Å². The summed E-state index contributed by atoms with van der Waals surface area (Å²) in [5.74, 6) is 0.157. The van der Waals surface area contributed by atoms with Crippen molar-refractivity contribution in [3.63, 3.8) is 0 Å². The van der Waals surface area contributed by atoms with Crippen molar-refractivity contribution in [1.29, 1.82) is 0 Å². The van der Waals surface area contributed by atoms with Crippen LogP contribution in [0.3, 0.4) is 0 Å². The third kappa shape index (κ3) is 4.45. The quantitative estimate of drug-likeness (QED) is 0.858. The van der Waals surface area contributed by atoms with E-state index >= 15 is 0 Å². The number of ether oxygens (including phenoxy) is 1. The predicted octanol–water partition coefficient (Wildman–Crippen LogP) is 1.93. The van der Waals surface area contributed by atoms with Crippen molar-refractivity contribution in [2.45, 2.75) is 26.8 Å². The molecule has 0 unspecified atom stereocenters. The van der Waals surface area contributed by atoms with Gasteiger partial charge in [-0.3, -0.25) is 4.79 Å². The third-order valence-electron chi connectivity index (χ3n) is 2.05. The third-order valence-corrected chi connectivity index (χ3v) is 2.05. The minimum atomic E-state index is -0.530. The number of carbonyl (C=O) groups excluding carboxylic acids is 2. The number of amides is 2. The first-order valence-electron chi connectivity index (χ1n) is 5.89. The van der Waals surface area contributed by atoms with Gasteiger partial charge in [0.05, 0.1) is 0 Å². The van der Waals surface area contributed by atoms with Gasteiger partial charge in [0.15, 0.2) is 0 Å². The molecule has 0 aromatic heterocycles. The van der Waals surface area contributed by atoms with E-state index in [4.69, 9.17) is 4.74 Å². The maximum Gasteiger partial charge on any atom is 0.412 e. The second-order valence-corrected chi connectivity index (χ2v) is 4.08. The Kier molecular flexibility index (Phi) is 5.17. The summed E-state index contributed by atoms with van der Waals surface area (Å²) in [7, 11) is 0. The molecule has 2 N–H and O–H groups in total. The Morgan fingerprint density at radius 1 is 1.33 bits per heavy atom. The van der Waals surface area contributed by atoms with Crippen LogP contribution in [0.15, 0.2) is 24.3 Å².